The highest BCUT2D eigenvalue weighted by Gasteiger charge is 2.22. The van der Waals surface area contributed by atoms with Gasteiger partial charge in [-0.3, -0.25) is 14.4 Å². The molecular formula is C19H17N3O4. The molecule has 132 valence electrons. The van der Waals surface area contributed by atoms with Crippen molar-refractivity contribution >= 4 is 23.0 Å². The zero-order valence-electron chi connectivity index (χ0n) is 14.0. The second kappa shape index (κ2) is 7.10. The first-order valence-corrected chi connectivity index (χ1v) is 7.95. The third-order valence-corrected chi connectivity index (χ3v) is 3.99. The fraction of sp³-hybridized carbons (Fsp3) is 0.105. The second-order valence-corrected chi connectivity index (χ2v) is 5.65. The molecule has 0 aliphatic carbocycles. The molecule has 0 heterocycles. The quantitative estimate of drug-likeness (QED) is 0.398. The molecule has 0 saturated carbocycles. The van der Waals surface area contributed by atoms with Crippen molar-refractivity contribution in [2.75, 3.05) is 17.7 Å². The highest BCUT2D eigenvalue weighted by molar-refractivity contribution is 5.99. The second-order valence-electron chi connectivity index (χ2n) is 5.65. The van der Waals surface area contributed by atoms with Crippen molar-refractivity contribution < 1.29 is 9.90 Å². The minimum atomic E-state index is -0.676. The predicted octanol–water partition coefficient (Wildman–Crippen LogP) is 1.70. The van der Waals surface area contributed by atoms with E-state index in [2.05, 4.69) is 16.0 Å². The molecule has 0 atom stereocenters. The largest absolute Gasteiger partial charge is 0.505 e. The zero-order valence-corrected chi connectivity index (χ0v) is 14.0. The van der Waals surface area contributed by atoms with Crippen LogP contribution in [0.4, 0.5) is 17.1 Å². The lowest BCUT2D eigenvalue weighted by molar-refractivity contribution is 0.0960. The number of carbonyl (C=O) groups excluding carboxylic acids is 1. The summed E-state index contributed by atoms with van der Waals surface area (Å²) >= 11 is 0. The maximum absolute atomic E-state index is 11.9. The molecule has 0 aromatic heterocycles. The van der Waals surface area contributed by atoms with E-state index in [9.17, 15) is 19.5 Å². The van der Waals surface area contributed by atoms with Gasteiger partial charge in [0.05, 0.1) is 11.3 Å². The number of rotatable bonds is 6. The smallest absolute Gasteiger partial charge is 0.254 e. The minimum Gasteiger partial charge on any atom is -0.505 e. The van der Waals surface area contributed by atoms with Crippen molar-refractivity contribution in [3.8, 4) is 5.75 Å². The SMILES string of the molecule is CNC(=O)c1cccc(Nc2c(NCc3ccccc3)c(=O)c2=O)c1O. The molecule has 0 saturated heterocycles. The fourth-order valence-corrected chi connectivity index (χ4v) is 2.56. The summed E-state index contributed by atoms with van der Waals surface area (Å²) < 4.78 is 0. The summed E-state index contributed by atoms with van der Waals surface area (Å²) in [5, 5.41) is 18.4. The third-order valence-electron chi connectivity index (χ3n) is 3.99. The molecular weight excluding hydrogens is 334 g/mol. The highest BCUT2D eigenvalue weighted by atomic mass is 16.3. The standard InChI is InChI=1S/C19H17N3O4/c1-20-19(26)12-8-5-9-13(16(12)23)22-15-14(17(24)18(15)25)21-10-11-6-3-2-4-7-11/h2-9,21-23H,10H2,1H3,(H,20,26). The average Bonchev–Trinajstić information content (AvgIpc) is 2.68. The molecule has 3 rings (SSSR count). The molecule has 0 spiro atoms. The molecule has 1 amide bonds. The van der Waals surface area contributed by atoms with Gasteiger partial charge >= 0.3 is 0 Å². The minimum absolute atomic E-state index is 0.0648. The molecule has 0 unspecified atom stereocenters. The number of amides is 1. The number of para-hydroxylation sites is 1. The van der Waals surface area contributed by atoms with E-state index < -0.39 is 16.8 Å². The Balaban J connectivity index is 1.84. The van der Waals surface area contributed by atoms with Gasteiger partial charge in [0.15, 0.2) is 5.75 Å². The Hall–Kier alpha value is -3.61. The molecule has 7 nitrogen and oxygen atoms in total. The normalized spacial score (nSPS) is 10.5. The van der Waals surface area contributed by atoms with Crippen LogP contribution in [0.1, 0.15) is 15.9 Å². The summed E-state index contributed by atoms with van der Waals surface area (Å²) in [6, 6.07) is 14.0. The van der Waals surface area contributed by atoms with Crippen LogP contribution in [-0.2, 0) is 6.54 Å². The number of phenolic OH excluding ortho intramolecular Hbond substituents is 1. The van der Waals surface area contributed by atoms with Crippen LogP contribution in [0.2, 0.25) is 0 Å². The van der Waals surface area contributed by atoms with Crippen molar-refractivity contribution in [1.29, 1.82) is 0 Å². The maximum atomic E-state index is 11.9. The van der Waals surface area contributed by atoms with E-state index in [1.165, 1.54) is 19.2 Å². The summed E-state index contributed by atoms with van der Waals surface area (Å²) in [7, 11) is 1.45. The topological polar surface area (TPSA) is 108 Å². The molecule has 3 aromatic rings. The molecule has 0 radical (unpaired) electrons. The van der Waals surface area contributed by atoms with E-state index in [0.717, 1.165) is 5.56 Å². The molecule has 0 fully saturated rings. The first-order valence-electron chi connectivity index (χ1n) is 7.95. The van der Waals surface area contributed by atoms with Crippen LogP contribution in [0, 0.1) is 0 Å². The van der Waals surface area contributed by atoms with Gasteiger partial charge in [-0.2, -0.15) is 0 Å². The number of nitrogens with one attached hydrogen (secondary N) is 3. The number of anilines is 3. The molecule has 0 aliphatic heterocycles. The molecule has 4 N–H and O–H groups in total. The first kappa shape index (κ1) is 17.2. The van der Waals surface area contributed by atoms with Gasteiger partial charge in [-0.05, 0) is 17.7 Å². The number of aromatic hydroxyl groups is 1. The van der Waals surface area contributed by atoms with Crippen molar-refractivity contribution in [2.45, 2.75) is 6.54 Å². The van der Waals surface area contributed by atoms with Crippen LogP contribution in [0.25, 0.3) is 0 Å². The van der Waals surface area contributed by atoms with Gasteiger partial charge in [-0.15, -0.1) is 0 Å². The Kier molecular flexibility index (Phi) is 4.70. The number of benzene rings is 2. The van der Waals surface area contributed by atoms with Gasteiger partial charge in [0.1, 0.15) is 11.4 Å². The summed E-state index contributed by atoms with van der Waals surface area (Å²) in [5.41, 5.74) is 0.112. The third kappa shape index (κ3) is 3.14. The summed E-state index contributed by atoms with van der Waals surface area (Å²) in [4.78, 5) is 35.5. The van der Waals surface area contributed by atoms with E-state index in [-0.39, 0.29) is 28.4 Å². The van der Waals surface area contributed by atoms with Crippen molar-refractivity contribution in [3.05, 3.63) is 80.1 Å². The van der Waals surface area contributed by atoms with Crippen molar-refractivity contribution in [3.63, 3.8) is 0 Å². The van der Waals surface area contributed by atoms with Crippen LogP contribution in [0.5, 0.6) is 5.75 Å². The molecule has 3 aromatic carbocycles. The predicted molar refractivity (Wildman–Crippen MR) is 99.9 cm³/mol. The Morgan fingerprint density at radius 3 is 2.35 bits per heavy atom. The van der Waals surface area contributed by atoms with E-state index in [1.54, 1.807) is 6.07 Å². The Morgan fingerprint density at radius 2 is 1.65 bits per heavy atom. The molecule has 26 heavy (non-hydrogen) atoms. The molecule has 0 bridgehead atoms. The summed E-state index contributed by atoms with van der Waals surface area (Å²) in [5.74, 6) is -0.757. The summed E-state index contributed by atoms with van der Waals surface area (Å²) in [6.07, 6.45) is 0. The van der Waals surface area contributed by atoms with E-state index in [1.807, 2.05) is 30.3 Å². The van der Waals surface area contributed by atoms with Gasteiger partial charge in [0, 0.05) is 13.6 Å². The van der Waals surface area contributed by atoms with E-state index in [0.29, 0.717) is 6.54 Å². The lowest BCUT2D eigenvalue weighted by atomic mass is 10.1. The van der Waals surface area contributed by atoms with Crippen LogP contribution in [-0.4, -0.2) is 18.1 Å². The molecule has 7 heteroatoms. The Bertz CT molecular complexity index is 1020. The fourth-order valence-electron chi connectivity index (χ4n) is 2.56. The first-order chi connectivity index (χ1) is 12.5. The zero-order chi connectivity index (χ0) is 18.7. The van der Waals surface area contributed by atoms with E-state index in [4.69, 9.17) is 0 Å². The Morgan fingerprint density at radius 1 is 0.962 bits per heavy atom. The van der Waals surface area contributed by atoms with Gasteiger partial charge in [0.25, 0.3) is 16.8 Å². The van der Waals surface area contributed by atoms with Crippen LogP contribution >= 0.6 is 0 Å². The summed E-state index contributed by atoms with van der Waals surface area (Å²) in [6.45, 7) is 0.380. The lowest BCUT2D eigenvalue weighted by Crippen LogP contribution is -2.36. The van der Waals surface area contributed by atoms with Crippen molar-refractivity contribution in [1.82, 2.24) is 5.32 Å². The van der Waals surface area contributed by atoms with Crippen molar-refractivity contribution in [2.24, 2.45) is 0 Å². The van der Waals surface area contributed by atoms with Crippen LogP contribution in [0.15, 0.2) is 58.1 Å². The number of carbonyl (C=O) groups is 1. The highest BCUT2D eigenvalue weighted by Crippen LogP contribution is 2.31. The van der Waals surface area contributed by atoms with Crippen LogP contribution in [0.3, 0.4) is 0 Å². The van der Waals surface area contributed by atoms with Gasteiger partial charge in [-0.25, -0.2) is 0 Å². The number of hydrogen-bond acceptors (Lipinski definition) is 6. The Labute approximate surface area is 149 Å². The average molecular weight is 351 g/mol. The molecule has 0 aliphatic rings. The number of phenols is 1. The van der Waals surface area contributed by atoms with Gasteiger partial charge < -0.3 is 21.1 Å². The van der Waals surface area contributed by atoms with E-state index >= 15 is 0 Å². The van der Waals surface area contributed by atoms with Gasteiger partial charge in [0.2, 0.25) is 0 Å². The lowest BCUT2D eigenvalue weighted by Gasteiger charge is -2.16. The monoisotopic (exact) mass is 351 g/mol. The number of hydrogen-bond donors (Lipinski definition) is 4. The van der Waals surface area contributed by atoms with Crippen LogP contribution < -0.4 is 26.8 Å². The van der Waals surface area contributed by atoms with Gasteiger partial charge in [-0.1, -0.05) is 36.4 Å². The maximum Gasteiger partial charge on any atom is 0.254 e.